The summed E-state index contributed by atoms with van der Waals surface area (Å²) >= 11 is 6.09. The van der Waals surface area contributed by atoms with Crippen molar-refractivity contribution in [3.05, 3.63) is 29.0 Å². The summed E-state index contributed by atoms with van der Waals surface area (Å²) in [5.74, 6) is 0.370. The average molecular weight is 271 g/mol. The van der Waals surface area contributed by atoms with Crippen LogP contribution in [0.5, 0.6) is 0 Å². The van der Waals surface area contributed by atoms with Crippen molar-refractivity contribution >= 4 is 17.3 Å². The Morgan fingerprint density at radius 2 is 2.28 bits per heavy atom. The third kappa shape index (κ3) is 3.36. The van der Waals surface area contributed by atoms with Crippen LogP contribution in [-0.4, -0.2) is 25.7 Å². The van der Waals surface area contributed by atoms with E-state index in [1.165, 1.54) is 12.1 Å². The molecule has 0 radical (unpaired) electrons. The smallest absolute Gasteiger partial charge is 0.124 e. The van der Waals surface area contributed by atoms with Crippen LogP contribution in [-0.2, 0) is 0 Å². The molecule has 0 aromatic heterocycles. The van der Waals surface area contributed by atoms with Crippen LogP contribution < -0.4 is 10.2 Å². The lowest BCUT2D eigenvalue weighted by molar-refractivity contribution is 0.480. The van der Waals surface area contributed by atoms with Gasteiger partial charge >= 0.3 is 0 Å². The minimum absolute atomic E-state index is 0.277. The summed E-state index contributed by atoms with van der Waals surface area (Å²) in [6.45, 7) is 7.33. The van der Waals surface area contributed by atoms with Crippen LogP contribution >= 0.6 is 11.6 Å². The molecule has 1 N–H and O–H groups in total. The summed E-state index contributed by atoms with van der Waals surface area (Å²) in [7, 11) is 0. The highest BCUT2D eigenvalue weighted by atomic mass is 35.5. The van der Waals surface area contributed by atoms with E-state index >= 15 is 0 Å². The molecule has 0 amide bonds. The van der Waals surface area contributed by atoms with Gasteiger partial charge in [0.25, 0.3) is 0 Å². The lowest BCUT2D eigenvalue weighted by atomic mass is 10.1. The minimum Gasteiger partial charge on any atom is -0.370 e. The highest BCUT2D eigenvalue weighted by Crippen LogP contribution is 2.30. The zero-order valence-electron chi connectivity index (χ0n) is 10.9. The molecule has 0 spiro atoms. The summed E-state index contributed by atoms with van der Waals surface area (Å²) in [6.07, 6.45) is 1.16. The fraction of sp³-hybridized carbons (Fsp3) is 0.571. The maximum atomic E-state index is 13.0. The fourth-order valence-corrected chi connectivity index (χ4v) is 2.64. The van der Waals surface area contributed by atoms with Crippen molar-refractivity contribution in [3.63, 3.8) is 0 Å². The van der Waals surface area contributed by atoms with E-state index in [1.54, 1.807) is 6.07 Å². The Hall–Kier alpha value is -0.800. The van der Waals surface area contributed by atoms with Gasteiger partial charge in [0.05, 0.1) is 10.7 Å². The molecule has 1 aromatic rings. The van der Waals surface area contributed by atoms with Gasteiger partial charge in [-0.05, 0) is 37.1 Å². The van der Waals surface area contributed by atoms with E-state index in [4.69, 9.17) is 11.6 Å². The quantitative estimate of drug-likeness (QED) is 0.903. The van der Waals surface area contributed by atoms with Gasteiger partial charge in [-0.1, -0.05) is 25.4 Å². The number of anilines is 1. The van der Waals surface area contributed by atoms with Crippen LogP contribution in [0.1, 0.15) is 20.3 Å². The van der Waals surface area contributed by atoms with Crippen LogP contribution in [0, 0.1) is 11.7 Å². The minimum atomic E-state index is -0.277. The number of hydrogen-bond donors (Lipinski definition) is 1. The van der Waals surface area contributed by atoms with Gasteiger partial charge in [-0.3, -0.25) is 0 Å². The number of halogens is 2. The van der Waals surface area contributed by atoms with Crippen molar-refractivity contribution in [2.24, 2.45) is 5.92 Å². The summed E-state index contributed by atoms with van der Waals surface area (Å²) in [5, 5.41) is 3.97. The molecular weight excluding hydrogens is 251 g/mol. The van der Waals surface area contributed by atoms with E-state index in [9.17, 15) is 4.39 Å². The summed E-state index contributed by atoms with van der Waals surface area (Å²) in [5.41, 5.74) is 0.949. The van der Waals surface area contributed by atoms with Crippen molar-refractivity contribution in [2.75, 3.05) is 24.5 Å². The van der Waals surface area contributed by atoms with Crippen LogP contribution in [0.4, 0.5) is 10.1 Å². The van der Waals surface area contributed by atoms with Gasteiger partial charge in [0.2, 0.25) is 0 Å². The van der Waals surface area contributed by atoms with E-state index in [-0.39, 0.29) is 5.82 Å². The lowest BCUT2D eigenvalue weighted by Gasteiger charge is -2.20. The molecule has 1 aliphatic rings. The molecule has 1 unspecified atom stereocenters. The van der Waals surface area contributed by atoms with Crippen molar-refractivity contribution < 1.29 is 4.39 Å². The molecular formula is C14H20ClFN2. The zero-order chi connectivity index (χ0) is 13.1. The molecule has 2 nitrogen and oxygen atoms in total. The van der Waals surface area contributed by atoms with Crippen molar-refractivity contribution in [1.82, 2.24) is 5.32 Å². The Morgan fingerprint density at radius 3 is 2.94 bits per heavy atom. The topological polar surface area (TPSA) is 15.3 Å². The van der Waals surface area contributed by atoms with Gasteiger partial charge in [0, 0.05) is 19.1 Å². The lowest BCUT2D eigenvalue weighted by Crippen LogP contribution is -2.30. The van der Waals surface area contributed by atoms with Crippen LogP contribution in [0.25, 0.3) is 0 Å². The molecule has 4 heteroatoms. The van der Waals surface area contributed by atoms with Gasteiger partial charge in [-0.25, -0.2) is 4.39 Å². The number of nitrogens with one attached hydrogen (secondary N) is 1. The molecule has 1 atom stereocenters. The van der Waals surface area contributed by atoms with Gasteiger partial charge in [-0.2, -0.15) is 0 Å². The third-order valence-electron chi connectivity index (χ3n) is 3.35. The summed E-state index contributed by atoms with van der Waals surface area (Å²) in [4.78, 5) is 2.24. The Labute approximate surface area is 113 Å². The Kier molecular flexibility index (Phi) is 4.46. The molecule has 0 saturated carbocycles. The first-order valence-electron chi connectivity index (χ1n) is 6.49. The maximum Gasteiger partial charge on any atom is 0.124 e. The normalized spacial score (nSPS) is 19.8. The number of hydrogen-bond acceptors (Lipinski definition) is 2. The molecule has 100 valence electrons. The molecule has 1 fully saturated rings. The van der Waals surface area contributed by atoms with Crippen molar-refractivity contribution in [1.29, 1.82) is 0 Å². The molecule has 18 heavy (non-hydrogen) atoms. The SMILES string of the molecule is CC(C)NCC1CCN(c2ccc(F)cc2Cl)C1. The highest BCUT2D eigenvalue weighted by molar-refractivity contribution is 6.33. The van der Waals surface area contributed by atoms with Gasteiger partial charge in [-0.15, -0.1) is 0 Å². The van der Waals surface area contributed by atoms with Crippen LogP contribution in [0.2, 0.25) is 5.02 Å². The third-order valence-corrected chi connectivity index (χ3v) is 3.65. The molecule has 1 saturated heterocycles. The summed E-state index contributed by atoms with van der Waals surface area (Å²) < 4.78 is 13.0. The van der Waals surface area contributed by atoms with Crippen LogP contribution in [0.15, 0.2) is 18.2 Å². The zero-order valence-corrected chi connectivity index (χ0v) is 11.7. The first kappa shape index (κ1) is 13.6. The standard InChI is InChI=1S/C14H20ClFN2/c1-10(2)17-8-11-5-6-18(9-11)14-4-3-12(16)7-13(14)15/h3-4,7,10-11,17H,5-6,8-9H2,1-2H3. The Balaban J connectivity index is 1.95. The van der Waals surface area contributed by atoms with E-state index in [2.05, 4.69) is 24.1 Å². The van der Waals surface area contributed by atoms with Crippen molar-refractivity contribution in [2.45, 2.75) is 26.3 Å². The molecule has 0 aliphatic carbocycles. The van der Waals surface area contributed by atoms with Gasteiger partial charge < -0.3 is 10.2 Å². The molecule has 1 aliphatic heterocycles. The van der Waals surface area contributed by atoms with E-state index in [0.29, 0.717) is 17.0 Å². The molecule has 2 rings (SSSR count). The largest absolute Gasteiger partial charge is 0.370 e. The number of rotatable bonds is 4. The molecule has 0 bridgehead atoms. The molecule has 1 aromatic carbocycles. The highest BCUT2D eigenvalue weighted by Gasteiger charge is 2.24. The summed E-state index contributed by atoms with van der Waals surface area (Å²) in [6, 6.07) is 5.15. The molecule has 1 heterocycles. The second kappa shape index (κ2) is 5.89. The number of benzene rings is 1. The van der Waals surface area contributed by atoms with Gasteiger partial charge in [0.1, 0.15) is 5.82 Å². The Bertz CT molecular complexity index is 409. The second-order valence-electron chi connectivity index (χ2n) is 5.26. The first-order valence-corrected chi connectivity index (χ1v) is 6.87. The number of nitrogens with zero attached hydrogens (tertiary/aromatic N) is 1. The predicted molar refractivity (Wildman–Crippen MR) is 74.9 cm³/mol. The van der Waals surface area contributed by atoms with Crippen molar-refractivity contribution in [3.8, 4) is 0 Å². The average Bonchev–Trinajstić information content (AvgIpc) is 2.75. The predicted octanol–water partition coefficient (Wildman–Crippen LogP) is 3.30. The van der Waals surface area contributed by atoms with Crippen LogP contribution in [0.3, 0.4) is 0 Å². The fourth-order valence-electron chi connectivity index (χ4n) is 2.36. The van der Waals surface area contributed by atoms with Gasteiger partial charge in [0.15, 0.2) is 0 Å². The first-order chi connectivity index (χ1) is 8.56. The van der Waals surface area contributed by atoms with E-state index < -0.39 is 0 Å². The Morgan fingerprint density at radius 1 is 1.50 bits per heavy atom. The van der Waals surface area contributed by atoms with E-state index in [1.807, 2.05) is 0 Å². The van der Waals surface area contributed by atoms with E-state index in [0.717, 1.165) is 31.7 Å². The second-order valence-corrected chi connectivity index (χ2v) is 5.67. The monoisotopic (exact) mass is 270 g/mol. The maximum absolute atomic E-state index is 13.0.